The predicted molar refractivity (Wildman–Crippen MR) is 147 cm³/mol. The maximum atomic E-state index is 12.3. The Labute approximate surface area is 232 Å². The van der Waals surface area contributed by atoms with Crippen LogP contribution in [0.25, 0.3) is 0 Å². The maximum absolute atomic E-state index is 12.3. The van der Waals surface area contributed by atoms with Gasteiger partial charge in [-0.25, -0.2) is 35.9 Å². The van der Waals surface area contributed by atoms with Crippen LogP contribution in [0.15, 0.2) is 58.3 Å². The Bertz CT molecular complexity index is 1300. The zero-order valence-corrected chi connectivity index (χ0v) is 23.6. The molecule has 0 aliphatic carbocycles. The van der Waals surface area contributed by atoms with E-state index in [0.29, 0.717) is 37.1 Å². The second-order valence-electron chi connectivity index (χ2n) is 8.55. The number of sulfonamides is 2. The van der Waals surface area contributed by atoms with Gasteiger partial charge < -0.3 is 21.3 Å². The van der Waals surface area contributed by atoms with Crippen molar-refractivity contribution in [1.29, 1.82) is 0 Å². The second-order valence-corrected chi connectivity index (χ2v) is 11.9. The van der Waals surface area contributed by atoms with E-state index < -0.39 is 32.1 Å². The summed E-state index contributed by atoms with van der Waals surface area (Å²) in [7, 11) is -8.17. The van der Waals surface area contributed by atoms with E-state index in [9.17, 15) is 36.0 Å². The van der Waals surface area contributed by atoms with Gasteiger partial charge in [0.2, 0.25) is 11.8 Å². The molecule has 6 N–H and O–H groups in total. The number of carbonyl (C=O) groups is 4. The second kappa shape index (κ2) is 14.8. The first kappa shape index (κ1) is 32.0. The molecule has 0 atom stereocenters. The van der Waals surface area contributed by atoms with Crippen LogP contribution in [0, 0.1) is 0 Å². The van der Waals surface area contributed by atoms with Crippen LogP contribution >= 0.6 is 0 Å². The Morgan fingerprint density at radius 3 is 1.18 bits per heavy atom. The maximum Gasteiger partial charge on any atom is 0.328 e. The summed E-state index contributed by atoms with van der Waals surface area (Å²) in [5, 5.41) is 9.94. The van der Waals surface area contributed by atoms with Gasteiger partial charge in [-0.3, -0.25) is 9.59 Å². The van der Waals surface area contributed by atoms with Crippen LogP contribution in [-0.2, 0) is 29.6 Å². The molecule has 0 radical (unpaired) electrons. The van der Waals surface area contributed by atoms with Crippen LogP contribution in [0.2, 0.25) is 0 Å². The Morgan fingerprint density at radius 2 is 0.875 bits per heavy atom. The molecular formula is C24H32N6O8S2. The fraction of sp³-hybridized carbons (Fsp3) is 0.333. The summed E-state index contributed by atoms with van der Waals surface area (Å²) < 4.78 is 53.0. The highest BCUT2D eigenvalue weighted by molar-refractivity contribution is 7.90. The first-order valence-corrected chi connectivity index (χ1v) is 15.1. The van der Waals surface area contributed by atoms with Gasteiger partial charge >= 0.3 is 12.1 Å². The third-order valence-corrected chi connectivity index (χ3v) is 7.79. The fourth-order valence-corrected chi connectivity index (χ4v) is 5.14. The number of rotatable bonds is 13. The number of carbonyl (C=O) groups excluding carboxylic acids is 4. The molecular weight excluding hydrogens is 564 g/mol. The van der Waals surface area contributed by atoms with Gasteiger partial charge in [0.15, 0.2) is 0 Å². The molecule has 0 fully saturated rings. The van der Waals surface area contributed by atoms with Crippen LogP contribution in [0.4, 0.5) is 21.0 Å². The summed E-state index contributed by atoms with van der Waals surface area (Å²) in [6.45, 7) is 3.08. The van der Waals surface area contributed by atoms with Crippen molar-refractivity contribution >= 4 is 55.3 Å². The number of amides is 6. The lowest BCUT2D eigenvalue weighted by atomic mass is 10.2. The van der Waals surface area contributed by atoms with Crippen molar-refractivity contribution in [3.63, 3.8) is 0 Å². The number of urea groups is 2. The summed E-state index contributed by atoms with van der Waals surface area (Å²) in [6.07, 6.45) is 2.43. The molecule has 0 heterocycles. The Hall–Kier alpha value is -4.18. The molecule has 218 valence electrons. The van der Waals surface area contributed by atoms with E-state index in [1.165, 1.54) is 62.4 Å². The molecule has 0 unspecified atom stereocenters. The summed E-state index contributed by atoms with van der Waals surface area (Å²) in [5.74, 6) is -0.602. The third kappa shape index (κ3) is 11.3. The Morgan fingerprint density at radius 1 is 0.550 bits per heavy atom. The molecule has 14 nitrogen and oxygen atoms in total. The molecule has 2 aromatic rings. The average Bonchev–Trinajstić information content (AvgIpc) is 2.85. The highest BCUT2D eigenvalue weighted by atomic mass is 32.2. The van der Waals surface area contributed by atoms with Crippen LogP contribution < -0.4 is 30.7 Å². The summed E-state index contributed by atoms with van der Waals surface area (Å²) in [5.41, 5.74) is 0.839. The van der Waals surface area contributed by atoms with Crippen molar-refractivity contribution in [2.24, 2.45) is 0 Å². The lowest BCUT2D eigenvalue weighted by Crippen LogP contribution is -2.40. The van der Waals surface area contributed by atoms with Crippen LogP contribution in [-0.4, -0.2) is 53.8 Å². The van der Waals surface area contributed by atoms with Crippen LogP contribution in [0.1, 0.15) is 39.5 Å². The van der Waals surface area contributed by atoms with Gasteiger partial charge in [0.05, 0.1) is 9.79 Å². The molecule has 0 aromatic heterocycles. The van der Waals surface area contributed by atoms with Crippen molar-refractivity contribution < 1.29 is 36.0 Å². The van der Waals surface area contributed by atoms with E-state index in [1.54, 1.807) is 0 Å². The minimum absolute atomic E-state index is 0.138. The smallest absolute Gasteiger partial charge is 0.328 e. The number of nitrogens with one attached hydrogen (secondary N) is 6. The van der Waals surface area contributed by atoms with E-state index in [0.717, 1.165) is 0 Å². The molecule has 6 amide bonds. The lowest BCUT2D eigenvalue weighted by molar-refractivity contribution is -0.115. The van der Waals surface area contributed by atoms with Crippen LogP contribution in [0.3, 0.4) is 0 Å². The zero-order chi connectivity index (χ0) is 29.8. The van der Waals surface area contributed by atoms with E-state index in [4.69, 9.17) is 0 Å². The first-order chi connectivity index (χ1) is 18.8. The van der Waals surface area contributed by atoms with Gasteiger partial charge in [0.25, 0.3) is 20.0 Å². The highest BCUT2D eigenvalue weighted by Gasteiger charge is 2.18. The van der Waals surface area contributed by atoms with Gasteiger partial charge in [0.1, 0.15) is 0 Å². The van der Waals surface area contributed by atoms with Crippen molar-refractivity contribution in [2.75, 3.05) is 23.7 Å². The highest BCUT2D eigenvalue weighted by Crippen LogP contribution is 2.15. The topological polar surface area (TPSA) is 209 Å². The van der Waals surface area contributed by atoms with Crippen molar-refractivity contribution in [1.82, 2.24) is 20.1 Å². The van der Waals surface area contributed by atoms with Crippen molar-refractivity contribution in [2.45, 2.75) is 49.3 Å². The number of unbranched alkanes of at least 4 members (excludes halogenated alkanes) is 3. The number of hydrogen-bond donors (Lipinski definition) is 6. The summed E-state index contributed by atoms with van der Waals surface area (Å²) in [4.78, 5) is 45.7. The largest absolute Gasteiger partial charge is 0.337 e. The molecule has 2 aromatic carbocycles. The minimum atomic E-state index is -4.08. The van der Waals surface area contributed by atoms with E-state index in [-0.39, 0.29) is 34.7 Å². The molecule has 2 rings (SSSR count). The molecule has 0 aliphatic heterocycles. The van der Waals surface area contributed by atoms with E-state index in [2.05, 4.69) is 21.3 Å². The zero-order valence-electron chi connectivity index (χ0n) is 21.9. The van der Waals surface area contributed by atoms with Crippen LogP contribution in [0.5, 0.6) is 0 Å². The first-order valence-electron chi connectivity index (χ1n) is 12.1. The van der Waals surface area contributed by atoms with Gasteiger partial charge in [0, 0.05) is 38.3 Å². The summed E-state index contributed by atoms with van der Waals surface area (Å²) >= 11 is 0. The van der Waals surface area contributed by atoms with Gasteiger partial charge in [-0.2, -0.15) is 0 Å². The van der Waals surface area contributed by atoms with E-state index in [1.807, 2.05) is 9.44 Å². The SMILES string of the molecule is CC(=O)Nc1ccc(S(=O)(=O)NC(=O)NCCCCCCNC(=O)NS(=O)(=O)c2ccc(NC(C)=O)cc2)cc1. The molecule has 0 saturated heterocycles. The molecule has 0 bridgehead atoms. The normalized spacial score (nSPS) is 11.2. The van der Waals surface area contributed by atoms with Crippen molar-refractivity contribution in [3.05, 3.63) is 48.5 Å². The molecule has 0 aliphatic rings. The third-order valence-electron chi connectivity index (χ3n) is 5.10. The average molecular weight is 597 g/mol. The van der Waals surface area contributed by atoms with Gasteiger partial charge in [-0.15, -0.1) is 0 Å². The monoisotopic (exact) mass is 596 g/mol. The number of anilines is 2. The van der Waals surface area contributed by atoms with Gasteiger partial charge in [-0.1, -0.05) is 12.8 Å². The minimum Gasteiger partial charge on any atom is -0.337 e. The Kier molecular flexibility index (Phi) is 11.9. The van der Waals surface area contributed by atoms with Gasteiger partial charge in [-0.05, 0) is 61.4 Å². The van der Waals surface area contributed by atoms with E-state index >= 15 is 0 Å². The molecule has 0 spiro atoms. The summed E-state index contributed by atoms with van der Waals surface area (Å²) in [6, 6.07) is 8.90. The molecule has 16 heteroatoms. The fourth-order valence-electron chi connectivity index (χ4n) is 3.28. The molecule has 0 saturated carbocycles. The quantitative estimate of drug-likeness (QED) is 0.188. The standard InChI is InChI=1S/C24H32N6O8S2/c1-17(31)27-19-7-11-21(12-8-19)39(35,36)29-23(33)25-15-5-3-4-6-16-26-24(34)30-40(37,38)22-13-9-20(10-14-22)28-18(2)32/h7-14H,3-6,15-16H2,1-2H3,(H,27,31)(H,28,32)(H2,25,29,33)(H2,26,30,34). The van der Waals surface area contributed by atoms with Crippen molar-refractivity contribution in [3.8, 4) is 0 Å². The Balaban J connectivity index is 1.61. The predicted octanol–water partition coefficient (Wildman–Crippen LogP) is 1.84. The number of hydrogen-bond acceptors (Lipinski definition) is 8. The molecule has 40 heavy (non-hydrogen) atoms. The number of benzene rings is 2. The lowest BCUT2D eigenvalue weighted by Gasteiger charge is -2.10.